The molecule has 0 radical (unpaired) electrons. The Hall–Kier alpha value is -2.02. The SMILES string of the molecule is COCC(COC)n1c(CS(=O)(=O)[C@@H](C)[C@H](C)c2ncc(F)cn2)nnc1[C@@H]1CC[C@H](C)O1. The van der Waals surface area contributed by atoms with Gasteiger partial charge in [-0.15, -0.1) is 10.2 Å². The first-order valence-corrected chi connectivity index (χ1v) is 12.7. The first-order chi connectivity index (χ1) is 15.7. The molecule has 4 atom stereocenters. The number of methoxy groups -OCH3 is 2. The lowest BCUT2D eigenvalue weighted by Gasteiger charge is -2.24. The van der Waals surface area contributed by atoms with Crippen LogP contribution in [0.1, 0.15) is 69.1 Å². The zero-order chi connectivity index (χ0) is 24.2. The summed E-state index contributed by atoms with van der Waals surface area (Å²) in [6.45, 7) is 5.89. The highest BCUT2D eigenvalue weighted by Gasteiger charge is 2.35. The number of hydrogen-bond donors (Lipinski definition) is 0. The number of aromatic nitrogens is 5. The standard InChI is InChI=1S/C21H32FN5O5S/c1-13-6-7-18(32-13)21-26-25-19(27(21)17(10-30-4)11-31-5)12-33(28,29)15(3)14(2)20-23-8-16(22)9-24-20/h8-9,13-15,17-18H,6-7,10-12H2,1-5H3/t13-,14-,15-,18-/m0/s1. The van der Waals surface area contributed by atoms with Crippen LogP contribution in [0.15, 0.2) is 12.4 Å². The van der Waals surface area contributed by atoms with Crippen LogP contribution >= 0.6 is 0 Å². The molecule has 0 amide bonds. The molecule has 184 valence electrons. The van der Waals surface area contributed by atoms with E-state index in [4.69, 9.17) is 14.2 Å². The van der Waals surface area contributed by atoms with Gasteiger partial charge in [0, 0.05) is 20.1 Å². The third-order valence-electron chi connectivity index (χ3n) is 6.04. The van der Waals surface area contributed by atoms with Gasteiger partial charge in [-0.05, 0) is 26.7 Å². The van der Waals surface area contributed by atoms with Crippen molar-refractivity contribution in [3.05, 3.63) is 35.7 Å². The van der Waals surface area contributed by atoms with Gasteiger partial charge in [0.15, 0.2) is 21.5 Å². The van der Waals surface area contributed by atoms with Gasteiger partial charge in [-0.3, -0.25) is 0 Å². The summed E-state index contributed by atoms with van der Waals surface area (Å²) >= 11 is 0. The van der Waals surface area contributed by atoms with E-state index in [2.05, 4.69) is 20.2 Å². The van der Waals surface area contributed by atoms with Crippen LogP contribution in [0.25, 0.3) is 0 Å². The van der Waals surface area contributed by atoms with Crippen molar-refractivity contribution in [2.45, 2.75) is 68.8 Å². The monoisotopic (exact) mass is 485 g/mol. The number of rotatable bonds is 11. The number of ether oxygens (including phenoxy) is 3. The summed E-state index contributed by atoms with van der Waals surface area (Å²) in [4.78, 5) is 7.89. The predicted molar refractivity (Wildman–Crippen MR) is 118 cm³/mol. The summed E-state index contributed by atoms with van der Waals surface area (Å²) in [5.74, 6) is -0.317. The molecule has 1 aliphatic heterocycles. The Bertz CT molecular complexity index is 1010. The fraction of sp³-hybridized carbons (Fsp3) is 0.714. The Kier molecular flexibility index (Phi) is 8.48. The molecule has 0 aliphatic carbocycles. The van der Waals surface area contributed by atoms with Crippen molar-refractivity contribution in [2.75, 3.05) is 27.4 Å². The van der Waals surface area contributed by atoms with E-state index >= 15 is 0 Å². The molecule has 10 nitrogen and oxygen atoms in total. The molecule has 0 aromatic carbocycles. The first kappa shape index (κ1) is 25.6. The van der Waals surface area contributed by atoms with Crippen LogP contribution in [0.2, 0.25) is 0 Å². The van der Waals surface area contributed by atoms with Gasteiger partial charge in [0.2, 0.25) is 0 Å². The van der Waals surface area contributed by atoms with Crippen LogP contribution in [0.5, 0.6) is 0 Å². The summed E-state index contributed by atoms with van der Waals surface area (Å²) in [5.41, 5.74) is 0. The maximum Gasteiger partial charge on any atom is 0.162 e. The molecule has 3 heterocycles. The molecule has 1 saturated heterocycles. The molecular formula is C21H32FN5O5S. The number of sulfone groups is 1. The second kappa shape index (κ2) is 10.9. The average Bonchev–Trinajstić information content (AvgIpc) is 3.38. The summed E-state index contributed by atoms with van der Waals surface area (Å²) in [6, 6.07) is -0.317. The fourth-order valence-corrected chi connectivity index (χ4v) is 5.58. The van der Waals surface area contributed by atoms with Crippen LogP contribution in [0.4, 0.5) is 4.39 Å². The quantitative estimate of drug-likeness (QED) is 0.473. The Morgan fingerprint density at radius 2 is 1.79 bits per heavy atom. The maximum atomic E-state index is 13.4. The third-order valence-corrected chi connectivity index (χ3v) is 8.25. The van der Waals surface area contributed by atoms with E-state index in [-0.39, 0.29) is 29.8 Å². The summed E-state index contributed by atoms with van der Waals surface area (Å²) in [6.07, 6.45) is 3.54. The Morgan fingerprint density at radius 1 is 1.15 bits per heavy atom. The van der Waals surface area contributed by atoms with Gasteiger partial charge in [-0.2, -0.15) is 0 Å². The van der Waals surface area contributed by atoms with E-state index in [1.54, 1.807) is 32.6 Å². The molecule has 3 rings (SSSR count). The highest BCUT2D eigenvalue weighted by atomic mass is 32.2. The molecule has 1 aliphatic rings. The van der Waals surface area contributed by atoms with E-state index in [1.165, 1.54) is 0 Å². The van der Waals surface area contributed by atoms with Crippen LogP contribution in [-0.4, -0.2) is 71.9 Å². The van der Waals surface area contributed by atoms with Crippen molar-refractivity contribution in [3.63, 3.8) is 0 Å². The van der Waals surface area contributed by atoms with Crippen LogP contribution < -0.4 is 0 Å². The zero-order valence-corrected chi connectivity index (χ0v) is 20.5. The van der Waals surface area contributed by atoms with Crippen LogP contribution in [0, 0.1) is 5.82 Å². The molecular weight excluding hydrogens is 453 g/mol. The molecule has 2 aromatic rings. The molecule has 33 heavy (non-hydrogen) atoms. The third kappa shape index (κ3) is 5.92. The number of halogens is 1. The van der Waals surface area contributed by atoms with Gasteiger partial charge in [0.25, 0.3) is 0 Å². The van der Waals surface area contributed by atoms with Gasteiger partial charge in [0.1, 0.15) is 23.5 Å². The predicted octanol–water partition coefficient (Wildman–Crippen LogP) is 2.39. The van der Waals surface area contributed by atoms with Crippen molar-refractivity contribution in [1.82, 2.24) is 24.7 Å². The molecule has 0 unspecified atom stereocenters. The van der Waals surface area contributed by atoms with Gasteiger partial charge in [0.05, 0.1) is 43.0 Å². The second-order valence-electron chi connectivity index (χ2n) is 8.48. The smallest absolute Gasteiger partial charge is 0.162 e. The number of nitrogens with zero attached hydrogens (tertiary/aromatic N) is 5. The summed E-state index contributed by atoms with van der Waals surface area (Å²) in [7, 11) is -0.551. The van der Waals surface area contributed by atoms with E-state index in [0.717, 1.165) is 25.2 Å². The number of hydrogen-bond acceptors (Lipinski definition) is 9. The molecule has 0 N–H and O–H groups in total. The van der Waals surface area contributed by atoms with Crippen molar-refractivity contribution in [1.29, 1.82) is 0 Å². The Balaban J connectivity index is 1.92. The molecule has 2 aromatic heterocycles. The van der Waals surface area contributed by atoms with E-state index in [0.29, 0.717) is 24.9 Å². The molecule has 0 bridgehead atoms. The van der Waals surface area contributed by atoms with Gasteiger partial charge in [-0.25, -0.2) is 22.8 Å². The van der Waals surface area contributed by atoms with E-state index < -0.39 is 26.8 Å². The Morgan fingerprint density at radius 3 is 2.33 bits per heavy atom. The fourth-order valence-electron chi connectivity index (χ4n) is 4.02. The van der Waals surface area contributed by atoms with Crippen molar-refractivity contribution in [2.24, 2.45) is 0 Å². The van der Waals surface area contributed by atoms with Crippen molar-refractivity contribution >= 4 is 9.84 Å². The van der Waals surface area contributed by atoms with Crippen molar-refractivity contribution in [3.8, 4) is 0 Å². The molecule has 0 saturated carbocycles. The van der Waals surface area contributed by atoms with Gasteiger partial charge in [-0.1, -0.05) is 6.92 Å². The molecule has 12 heteroatoms. The molecule has 1 fully saturated rings. The first-order valence-electron chi connectivity index (χ1n) is 10.9. The lowest BCUT2D eigenvalue weighted by atomic mass is 10.1. The van der Waals surface area contributed by atoms with Gasteiger partial charge >= 0.3 is 0 Å². The van der Waals surface area contributed by atoms with E-state index in [1.807, 2.05) is 6.92 Å². The summed E-state index contributed by atoms with van der Waals surface area (Å²) < 4.78 is 58.4. The minimum absolute atomic E-state index is 0.0900. The normalized spacial score (nSPS) is 20.9. The van der Waals surface area contributed by atoms with Crippen LogP contribution in [-0.2, 0) is 29.8 Å². The minimum Gasteiger partial charge on any atom is -0.382 e. The van der Waals surface area contributed by atoms with Crippen LogP contribution in [0.3, 0.4) is 0 Å². The Labute approximate surface area is 193 Å². The van der Waals surface area contributed by atoms with Crippen molar-refractivity contribution < 1.29 is 27.0 Å². The van der Waals surface area contributed by atoms with E-state index in [9.17, 15) is 12.8 Å². The zero-order valence-electron chi connectivity index (χ0n) is 19.6. The lowest BCUT2D eigenvalue weighted by Crippen LogP contribution is -2.30. The maximum absolute atomic E-state index is 13.4. The second-order valence-corrected chi connectivity index (χ2v) is 10.8. The summed E-state index contributed by atoms with van der Waals surface area (Å²) in [5, 5.41) is 7.73. The highest BCUT2D eigenvalue weighted by Crippen LogP contribution is 2.34. The average molecular weight is 486 g/mol. The molecule has 0 spiro atoms. The highest BCUT2D eigenvalue weighted by molar-refractivity contribution is 7.91. The lowest BCUT2D eigenvalue weighted by molar-refractivity contribution is 0.0399. The minimum atomic E-state index is -3.70. The largest absolute Gasteiger partial charge is 0.382 e. The van der Waals surface area contributed by atoms with Gasteiger partial charge < -0.3 is 18.8 Å². The topological polar surface area (TPSA) is 118 Å².